The Morgan fingerprint density at radius 1 is 0.857 bits per heavy atom. The van der Waals surface area contributed by atoms with Crippen LogP contribution in [0.3, 0.4) is 0 Å². The van der Waals surface area contributed by atoms with E-state index in [2.05, 4.69) is 24.8 Å². The van der Waals surface area contributed by atoms with Gasteiger partial charge in [0, 0.05) is 11.3 Å². The summed E-state index contributed by atoms with van der Waals surface area (Å²) in [6.45, 7) is 0. The normalized spacial score (nSPS) is 21.6. The minimum absolute atomic E-state index is 0.538. The van der Waals surface area contributed by atoms with Crippen molar-refractivity contribution in [3.8, 4) is 5.75 Å². The second-order valence-electron chi connectivity index (χ2n) is 6.95. The lowest BCUT2D eigenvalue weighted by Gasteiger charge is -2.27. The Bertz CT molecular complexity index is 471. The molecule has 0 amide bonds. The van der Waals surface area contributed by atoms with Crippen molar-refractivity contribution in [2.45, 2.75) is 81.8 Å². The highest BCUT2D eigenvalue weighted by Crippen LogP contribution is 2.42. The number of aromatic hydroxyl groups is 1. The summed E-state index contributed by atoms with van der Waals surface area (Å²) in [5.74, 6) is 2.46. The van der Waals surface area contributed by atoms with E-state index in [0.29, 0.717) is 23.3 Å². The Kier molecular flexibility index (Phi) is 5.15. The Hall–Kier alpha value is -0.630. The molecule has 0 spiro atoms. The van der Waals surface area contributed by atoms with E-state index in [4.69, 9.17) is 0 Å². The van der Waals surface area contributed by atoms with Gasteiger partial charge in [-0.2, -0.15) is 12.6 Å². The van der Waals surface area contributed by atoms with E-state index >= 15 is 0 Å². The summed E-state index contributed by atoms with van der Waals surface area (Å²) in [5.41, 5.74) is 3.74. The Morgan fingerprint density at radius 2 is 1.43 bits per heavy atom. The van der Waals surface area contributed by atoms with Crippen LogP contribution in [0.1, 0.15) is 92.7 Å². The molecule has 2 fully saturated rings. The molecule has 0 bridgehead atoms. The highest BCUT2D eigenvalue weighted by atomic mass is 32.1. The maximum atomic E-state index is 10.6. The zero-order valence-electron chi connectivity index (χ0n) is 13.0. The van der Waals surface area contributed by atoms with Gasteiger partial charge in [0.05, 0.1) is 0 Å². The Balaban J connectivity index is 1.93. The molecule has 0 aromatic heterocycles. The summed E-state index contributed by atoms with van der Waals surface area (Å²) in [6, 6.07) is 4.57. The van der Waals surface area contributed by atoms with Crippen molar-refractivity contribution in [3.63, 3.8) is 0 Å². The summed E-state index contributed by atoms with van der Waals surface area (Å²) in [4.78, 5) is 0. The molecule has 1 nitrogen and oxygen atoms in total. The summed E-state index contributed by atoms with van der Waals surface area (Å²) >= 11 is 4.44. The molecule has 0 saturated heterocycles. The van der Waals surface area contributed by atoms with Gasteiger partial charge in [-0.1, -0.05) is 50.7 Å². The molecule has 0 radical (unpaired) electrons. The molecule has 2 heteroatoms. The number of phenols is 1. The third-order valence-electron chi connectivity index (χ3n) is 5.53. The zero-order valence-corrected chi connectivity index (χ0v) is 13.9. The number of benzene rings is 1. The van der Waals surface area contributed by atoms with Gasteiger partial charge in [0.1, 0.15) is 5.75 Å². The number of hydrogen-bond acceptors (Lipinski definition) is 2. The minimum atomic E-state index is 0.538. The lowest BCUT2D eigenvalue weighted by Crippen LogP contribution is -2.09. The fourth-order valence-electron chi connectivity index (χ4n) is 4.26. The third kappa shape index (κ3) is 3.41. The molecule has 2 aliphatic carbocycles. The summed E-state index contributed by atoms with van der Waals surface area (Å²) in [5, 5.41) is 10.6. The average molecular weight is 304 g/mol. The SMILES string of the molecule is Oc1c(CS)cc(C2CCCCC2)cc1C1CCCCC1. The smallest absolute Gasteiger partial charge is 0.123 e. The first kappa shape index (κ1) is 15.3. The van der Waals surface area contributed by atoms with Crippen molar-refractivity contribution in [3.05, 3.63) is 28.8 Å². The molecule has 21 heavy (non-hydrogen) atoms. The molecule has 1 N–H and O–H groups in total. The topological polar surface area (TPSA) is 20.2 Å². The van der Waals surface area contributed by atoms with Gasteiger partial charge in [-0.25, -0.2) is 0 Å². The lowest BCUT2D eigenvalue weighted by atomic mass is 9.79. The van der Waals surface area contributed by atoms with Crippen LogP contribution in [0.5, 0.6) is 5.75 Å². The first-order chi connectivity index (χ1) is 10.3. The van der Waals surface area contributed by atoms with Crippen LogP contribution < -0.4 is 0 Å². The largest absolute Gasteiger partial charge is 0.507 e. The van der Waals surface area contributed by atoms with Crippen LogP contribution in [0.2, 0.25) is 0 Å². The van der Waals surface area contributed by atoms with Gasteiger partial charge in [0.15, 0.2) is 0 Å². The van der Waals surface area contributed by atoms with Crippen molar-refractivity contribution < 1.29 is 5.11 Å². The molecule has 2 aliphatic rings. The Labute approximate surface area is 134 Å². The monoisotopic (exact) mass is 304 g/mol. The predicted molar refractivity (Wildman–Crippen MR) is 92.4 cm³/mol. The molecule has 0 aliphatic heterocycles. The van der Waals surface area contributed by atoms with Crippen LogP contribution in [0.4, 0.5) is 0 Å². The average Bonchev–Trinajstić information content (AvgIpc) is 2.56. The van der Waals surface area contributed by atoms with Gasteiger partial charge >= 0.3 is 0 Å². The van der Waals surface area contributed by atoms with Crippen molar-refractivity contribution in [1.82, 2.24) is 0 Å². The number of phenolic OH excluding ortho intramolecular Hbond substituents is 1. The molecule has 1 aromatic rings. The van der Waals surface area contributed by atoms with E-state index in [0.717, 1.165) is 5.56 Å². The van der Waals surface area contributed by atoms with Crippen LogP contribution in [0.25, 0.3) is 0 Å². The van der Waals surface area contributed by atoms with E-state index < -0.39 is 0 Å². The van der Waals surface area contributed by atoms with E-state index in [1.165, 1.54) is 75.3 Å². The molecule has 3 rings (SSSR count). The molecular weight excluding hydrogens is 276 g/mol. The number of hydrogen-bond donors (Lipinski definition) is 2. The van der Waals surface area contributed by atoms with Crippen molar-refractivity contribution in [1.29, 1.82) is 0 Å². The van der Waals surface area contributed by atoms with E-state index in [1.807, 2.05) is 0 Å². The fraction of sp³-hybridized carbons (Fsp3) is 0.684. The first-order valence-electron chi connectivity index (χ1n) is 8.76. The van der Waals surface area contributed by atoms with Gasteiger partial charge in [0.2, 0.25) is 0 Å². The third-order valence-corrected chi connectivity index (χ3v) is 5.87. The van der Waals surface area contributed by atoms with E-state index in [-0.39, 0.29) is 0 Å². The minimum Gasteiger partial charge on any atom is -0.507 e. The number of rotatable bonds is 3. The molecule has 2 saturated carbocycles. The molecule has 0 unspecified atom stereocenters. The standard InChI is InChI=1S/C19H28OS/c20-19-17(13-21)11-16(14-7-3-1-4-8-14)12-18(19)15-9-5-2-6-10-15/h11-12,14-15,20-21H,1-10,13H2. The van der Waals surface area contributed by atoms with E-state index in [9.17, 15) is 5.11 Å². The zero-order chi connectivity index (χ0) is 14.7. The number of thiol groups is 1. The van der Waals surface area contributed by atoms with Gasteiger partial charge in [-0.15, -0.1) is 0 Å². The molecule has 0 heterocycles. The summed E-state index contributed by atoms with van der Waals surface area (Å²) in [7, 11) is 0. The summed E-state index contributed by atoms with van der Waals surface area (Å²) < 4.78 is 0. The highest BCUT2D eigenvalue weighted by Gasteiger charge is 2.23. The van der Waals surface area contributed by atoms with E-state index in [1.54, 1.807) is 0 Å². The maximum absolute atomic E-state index is 10.6. The molecule has 1 aromatic carbocycles. The van der Waals surface area contributed by atoms with Crippen LogP contribution in [-0.4, -0.2) is 5.11 Å². The van der Waals surface area contributed by atoms with Crippen LogP contribution in [0.15, 0.2) is 12.1 Å². The fourth-order valence-corrected chi connectivity index (χ4v) is 4.50. The quantitative estimate of drug-likeness (QED) is 0.664. The van der Waals surface area contributed by atoms with Gasteiger partial charge in [-0.3, -0.25) is 0 Å². The van der Waals surface area contributed by atoms with Crippen molar-refractivity contribution >= 4 is 12.6 Å². The molecule has 0 atom stereocenters. The molecular formula is C19H28OS. The second kappa shape index (κ2) is 7.09. The van der Waals surface area contributed by atoms with Crippen LogP contribution in [-0.2, 0) is 5.75 Å². The van der Waals surface area contributed by atoms with Gasteiger partial charge in [-0.05, 0) is 48.6 Å². The first-order valence-corrected chi connectivity index (χ1v) is 9.39. The molecule has 116 valence electrons. The van der Waals surface area contributed by atoms with Crippen molar-refractivity contribution in [2.24, 2.45) is 0 Å². The Morgan fingerprint density at radius 3 is 2.00 bits per heavy atom. The second-order valence-corrected chi connectivity index (χ2v) is 7.26. The summed E-state index contributed by atoms with van der Waals surface area (Å²) in [6.07, 6.45) is 13.2. The van der Waals surface area contributed by atoms with Gasteiger partial charge in [0.25, 0.3) is 0 Å². The predicted octanol–water partition coefficient (Wildman–Crippen LogP) is 5.92. The lowest BCUT2D eigenvalue weighted by molar-refractivity contribution is 0.408. The van der Waals surface area contributed by atoms with Crippen LogP contribution in [0, 0.1) is 0 Å². The van der Waals surface area contributed by atoms with Crippen molar-refractivity contribution in [2.75, 3.05) is 0 Å². The highest BCUT2D eigenvalue weighted by molar-refractivity contribution is 7.79. The van der Waals surface area contributed by atoms with Gasteiger partial charge < -0.3 is 5.11 Å². The van der Waals surface area contributed by atoms with Crippen LogP contribution >= 0.6 is 12.6 Å². The maximum Gasteiger partial charge on any atom is 0.123 e.